The third-order valence-corrected chi connectivity index (χ3v) is 4.28. The minimum Gasteiger partial charge on any atom is -0.619 e. The zero-order valence-corrected chi connectivity index (χ0v) is 14.7. The molecule has 9 heteroatoms. The fraction of sp³-hybridized carbons (Fsp3) is 0.0500. The molecule has 2 aromatic carbocycles. The highest BCUT2D eigenvalue weighted by Crippen LogP contribution is 2.36. The summed E-state index contributed by atoms with van der Waals surface area (Å²) in [5.41, 5.74) is 0.144. The van der Waals surface area contributed by atoms with E-state index >= 15 is 0 Å². The van der Waals surface area contributed by atoms with Crippen molar-refractivity contribution in [1.82, 2.24) is 9.97 Å². The van der Waals surface area contributed by atoms with Crippen molar-refractivity contribution in [3.05, 3.63) is 83.3 Å². The third-order valence-electron chi connectivity index (χ3n) is 4.28. The van der Waals surface area contributed by atoms with Gasteiger partial charge >= 0.3 is 6.18 Å². The van der Waals surface area contributed by atoms with Crippen molar-refractivity contribution in [1.29, 1.82) is 0 Å². The standard InChI is InChI=1S/C20H13F3N4O2/c21-20(22,23)15-8-2-1-6-13(15)18-25-16-9-3-7-14(17(16)26-18)19(28)24-12-5-4-10-27(29)11-12/h1-11H,(H,24,28)(H,25,26). The van der Waals surface area contributed by atoms with Crippen LogP contribution in [0.4, 0.5) is 18.9 Å². The molecule has 0 aliphatic rings. The number of hydrogen-bond donors (Lipinski definition) is 2. The van der Waals surface area contributed by atoms with Crippen LogP contribution in [-0.4, -0.2) is 15.9 Å². The number of H-pyrrole nitrogens is 1. The van der Waals surface area contributed by atoms with Gasteiger partial charge in [0.2, 0.25) is 6.20 Å². The van der Waals surface area contributed by atoms with Gasteiger partial charge < -0.3 is 15.5 Å². The average molecular weight is 398 g/mol. The van der Waals surface area contributed by atoms with E-state index in [1.54, 1.807) is 18.2 Å². The smallest absolute Gasteiger partial charge is 0.417 e. The maximum atomic E-state index is 13.3. The number of rotatable bonds is 3. The molecule has 2 aromatic heterocycles. The summed E-state index contributed by atoms with van der Waals surface area (Å²) in [7, 11) is 0. The summed E-state index contributed by atoms with van der Waals surface area (Å²) in [5, 5.41) is 13.9. The molecule has 0 aliphatic carbocycles. The van der Waals surface area contributed by atoms with Gasteiger partial charge in [-0.05, 0) is 24.3 Å². The van der Waals surface area contributed by atoms with Gasteiger partial charge in [-0.15, -0.1) is 0 Å². The Morgan fingerprint density at radius 3 is 2.62 bits per heavy atom. The molecule has 4 rings (SSSR count). The quantitative estimate of drug-likeness (QED) is 0.402. The largest absolute Gasteiger partial charge is 0.619 e. The molecular weight excluding hydrogens is 385 g/mol. The monoisotopic (exact) mass is 398 g/mol. The SMILES string of the molecule is O=C(Nc1ccc[n+]([O-])c1)c1cccc2[nH]c(-c3ccccc3C(F)(F)F)nc12. The number of alkyl halides is 3. The van der Waals surface area contributed by atoms with E-state index in [4.69, 9.17) is 0 Å². The maximum Gasteiger partial charge on any atom is 0.417 e. The molecule has 6 nitrogen and oxygen atoms in total. The molecular formula is C20H13F3N4O2. The van der Waals surface area contributed by atoms with Crippen molar-refractivity contribution in [2.75, 3.05) is 5.32 Å². The first-order valence-electron chi connectivity index (χ1n) is 8.48. The summed E-state index contributed by atoms with van der Waals surface area (Å²) in [6.07, 6.45) is -2.08. The lowest BCUT2D eigenvalue weighted by atomic mass is 10.1. The molecule has 2 heterocycles. The third kappa shape index (κ3) is 3.62. The normalized spacial score (nSPS) is 11.6. The van der Waals surface area contributed by atoms with Gasteiger partial charge in [0.15, 0.2) is 6.20 Å². The number of aromatic amines is 1. The Bertz CT molecular complexity index is 1220. The van der Waals surface area contributed by atoms with Crippen LogP contribution in [-0.2, 0) is 6.18 Å². The second-order valence-electron chi connectivity index (χ2n) is 6.24. The molecule has 4 aromatic rings. The number of imidazole rings is 1. The lowest BCUT2D eigenvalue weighted by Gasteiger charge is -2.10. The Labute approximate surface area is 162 Å². The summed E-state index contributed by atoms with van der Waals surface area (Å²) in [6, 6.07) is 12.8. The molecule has 29 heavy (non-hydrogen) atoms. The van der Waals surface area contributed by atoms with Crippen LogP contribution < -0.4 is 10.0 Å². The first-order chi connectivity index (χ1) is 13.8. The van der Waals surface area contributed by atoms with E-state index in [0.29, 0.717) is 10.2 Å². The summed E-state index contributed by atoms with van der Waals surface area (Å²) in [4.78, 5) is 19.8. The van der Waals surface area contributed by atoms with Crippen molar-refractivity contribution in [3.8, 4) is 11.4 Å². The Balaban J connectivity index is 1.76. The van der Waals surface area contributed by atoms with E-state index in [2.05, 4.69) is 15.3 Å². The lowest BCUT2D eigenvalue weighted by molar-refractivity contribution is -0.604. The summed E-state index contributed by atoms with van der Waals surface area (Å²) < 4.78 is 40.6. The van der Waals surface area contributed by atoms with Crippen molar-refractivity contribution in [2.45, 2.75) is 6.18 Å². The molecule has 0 unspecified atom stereocenters. The number of hydrogen-bond acceptors (Lipinski definition) is 3. The highest BCUT2D eigenvalue weighted by Gasteiger charge is 2.34. The van der Waals surface area contributed by atoms with Gasteiger partial charge in [-0.2, -0.15) is 17.9 Å². The molecule has 0 saturated heterocycles. The van der Waals surface area contributed by atoms with Crippen molar-refractivity contribution >= 4 is 22.6 Å². The van der Waals surface area contributed by atoms with E-state index in [-0.39, 0.29) is 28.2 Å². The number of fused-ring (bicyclic) bond motifs is 1. The molecule has 0 saturated carbocycles. The Kier molecular flexibility index (Phi) is 4.42. The number of para-hydroxylation sites is 1. The summed E-state index contributed by atoms with van der Waals surface area (Å²) >= 11 is 0. The van der Waals surface area contributed by atoms with Crippen LogP contribution in [0.15, 0.2) is 67.0 Å². The van der Waals surface area contributed by atoms with Gasteiger partial charge in [0, 0.05) is 11.6 Å². The highest BCUT2D eigenvalue weighted by atomic mass is 19.4. The number of pyridine rings is 1. The topological polar surface area (TPSA) is 84.7 Å². The van der Waals surface area contributed by atoms with Crippen LogP contribution >= 0.6 is 0 Å². The fourth-order valence-electron chi connectivity index (χ4n) is 3.01. The first-order valence-corrected chi connectivity index (χ1v) is 8.48. The van der Waals surface area contributed by atoms with E-state index < -0.39 is 17.6 Å². The van der Waals surface area contributed by atoms with E-state index in [9.17, 15) is 23.2 Å². The van der Waals surface area contributed by atoms with Crippen molar-refractivity contribution in [2.24, 2.45) is 0 Å². The number of amides is 1. The van der Waals surface area contributed by atoms with Crippen molar-refractivity contribution < 1.29 is 22.7 Å². The second kappa shape index (κ2) is 6.93. The first kappa shape index (κ1) is 18.5. The van der Waals surface area contributed by atoms with Crippen LogP contribution in [0, 0.1) is 5.21 Å². The Hall–Kier alpha value is -3.88. The molecule has 2 N–H and O–H groups in total. The van der Waals surface area contributed by atoms with Crippen LogP contribution in [0.25, 0.3) is 22.4 Å². The lowest BCUT2D eigenvalue weighted by Crippen LogP contribution is -2.25. The molecule has 0 spiro atoms. The van der Waals surface area contributed by atoms with Gasteiger partial charge in [-0.25, -0.2) is 4.98 Å². The predicted molar refractivity (Wildman–Crippen MR) is 99.9 cm³/mol. The Morgan fingerprint density at radius 1 is 1.07 bits per heavy atom. The fourth-order valence-corrected chi connectivity index (χ4v) is 3.01. The predicted octanol–water partition coefficient (Wildman–Crippen LogP) is 4.13. The van der Waals surface area contributed by atoms with Gasteiger partial charge in [-0.1, -0.05) is 24.3 Å². The van der Waals surface area contributed by atoms with Gasteiger partial charge in [0.1, 0.15) is 17.0 Å². The molecule has 0 aliphatic heterocycles. The van der Waals surface area contributed by atoms with Crippen molar-refractivity contribution in [3.63, 3.8) is 0 Å². The minimum atomic E-state index is -4.54. The second-order valence-corrected chi connectivity index (χ2v) is 6.24. The number of aromatic nitrogens is 3. The zero-order valence-electron chi connectivity index (χ0n) is 14.7. The number of nitrogens with one attached hydrogen (secondary N) is 2. The molecule has 0 radical (unpaired) electrons. The maximum absolute atomic E-state index is 13.3. The molecule has 1 amide bonds. The average Bonchev–Trinajstić information content (AvgIpc) is 3.11. The Morgan fingerprint density at radius 2 is 1.86 bits per heavy atom. The number of anilines is 1. The molecule has 146 valence electrons. The highest BCUT2D eigenvalue weighted by molar-refractivity contribution is 6.11. The van der Waals surface area contributed by atoms with Crippen LogP contribution in [0.1, 0.15) is 15.9 Å². The number of halogens is 3. The minimum absolute atomic E-state index is 0.00489. The van der Waals surface area contributed by atoms with E-state index in [0.717, 1.165) is 6.07 Å². The molecule has 0 fully saturated rings. The van der Waals surface area contributed by atoms with E-state index in [1.165, 1.54) is 42.7 Å². The zero-order chi connectivity index (χ0) is 20.6. The van der Waals surface area contributed by atoms with Crippen LogP contribution in [0.2, 0.25) is 0 Å². The molecule has 0 atom stereocenters. The molecule has 0 bridgehead atoms. The van der Waals surface area contributed by atoms with E-state index in [1.807, 2.05) is 0 Å². The number of carbonyl (C=O) groups is 1. The number of nitrogens with zero attached hydrogens (tertiary/aromatic N) is 2. The van der Waals surface area contributed by atoms with Crippen LogP contribution in [0.3, 0.4) is 0 Å². The van der Waals surface area contributed by atoms with Crippen LogP contribution in [0.5, 0.6) is 0 Å². The van der Waals surface area contributed by atoms with Gasteiger partial charge in [0.25, 0.3) is 5.91 Å². The summed E-state index contributed by atoms with van der Waals surface area (Å²) in [5.74, 6) is -0.533. The number of benzene rings is 2. The summed E-state index contributed by atoms with van der Waals surface area (Å²) in [6.45, 7) is 0. The number of carbonyl (C=O) groups excluding carboxylic acids is 1. The van der Waals surface area contributed by atoms with Gasteiger partial charge in [-0.3, -0.25) is 4.79 Å². The van der Waals surface area contributed by atoms with Gasteiger partial charge in [0.05, 0.1) is 16.6 Å².